The van der Waals surface area contributed by atoms with Gasteiger partial charge in [0.05, 0.1) is 12.0 Å². The van der Waals surface area contributed by atoms with Gasteiger partial charge in [-0.2, -0.15) is 0 Å². The van der Waals surface area contributed by atoms with Gasteiger partial charge in [-0.25, -0.2) is 0 Å². The molecule has 0 bridgehead atoms. The van der Waals surface area contributed by atoms with Crippen molar-refractivity contribution in [1.29, 1.82) is 0 Å². The van der Waals surface area contributed by atoms with Crippen molar-refractivity contribution in [2.75, 3.05) is 52.3 Å². The molecule has 3 rings (SSSR count). The van der Waals surface area contributed by atoms with Gasteiger partial charge in [-0.05, 0) is 39.4 Å². The first kappa shape index (κ1) is 17.9. The van der Waals surface area contributed by atoms with Crippen molar-refractivity contribution in [3.05, 3.63) is 28.3 Å². The second kappa shape index (κ2) is 7.58. The Bertz CT molecular complexity index is 614. The van der Waals surface area contributed by atoms with Gasteiger partial charge in [-0.1, -0.05) is 0 Å². The predicted molar refractivity (Wildman–Crippen MR) is 98.5 cm³/mol. The van der Waals surface area contributed by atoms with Crippen LogP contribution in [0.25, 0.3) is 0 Å². The Balaban J connectivity index is 1.60. The fraction of sp³-hybridized carbons (Fsp3) is 0.667. The number of rotatable bonds is 5. The molecule has 0 aromatic heterocycles. The van der Waals surface area contributed by atoms with Crippen LogP contribution in [0.1, 0.15) is 19.3 Å². The second-order valence-electron chi connectivity index (χ2n) is 7.23. The summed E-state index contributed by atoms with van der Waals surface area (Å²) in [7, 11) is 5.81. The van der Waals surface area contributed by atoms with Crippen LogP contribution in [0, 0.1) is 10.1 Å². The summed E-state index contributed by atoms with van der Waals surface area (Å²) in [6, 6.07) is 6.50. The largest absolute Gasteiger partial charge is 0.490 e. The molecule has 1 aromatic rings. The van der Waals surface area contributed by atoms with Gasteiger partial charge >= 0.3 is 5.69 Å². The number of nitrogens with zero attached hydrogens (tertiary/aromatic N) is 4. The number of benzene rings is 1. The van der Waals surface area contributed by atoms with E-state index in [9.17, 15) is 10.1 Å². The molecule has 138 valence electrons. The van der Waals surface area contributed by atoms with Crippen LogP contribution in [0.3, 0.4) is 0 Å². The van der Waals surface area contributed by atoms with Crippen molar-refractivity contribution < 1.29 is 9.66 Å². The predicted octanol–water partition coefficient (Wildman–Crippen LogP) is 2.21. The van der Waals surface area contributed by atoms with Crippen molar-refractivity contribution in [1.82, 2.24) is 9.80 Å². The summed E-state index contributed by atoms with van der Waals surface area (Å²) in [5, 5.41) is 11.0. The van der Waals surface area contributed by atoms with Crippen LogP contribution >= 0.6 is 0 Å². The molecule has 7 nitrogen and oxygen atoms in total. The zero-order chi connectivity index (χ0) is 18.0. The molecule has 0 N–H and O–H groups in total. The molecule has 1 unspecified atom stereocenters. The summed E-state index contributed by atoms with van der Waals surface area (Å²) in [4.78, 5) is 17.9. The van der Waals surface area contributed by atoms with E-state index in [-0.39, 0.29) is 5.69 Å². The van der Waals surface area contributed by atoms with E-state index in [1.807, 2.05) is 6.07 Å². The molecule has 0 saturated carbocycles. The smallest absolute Gasteiger partial charge is 0.311 e. The lowest BCUT2D eigenvalue weighted by molar-refractivity contribution is -0.385. The monoisotopic (exact) mass is 348 g/mol. The van der Waals surface area contributed by atoms with E-state index < -0.39 is 4.92 Å². The number of ether oxygens (including phenoxy) is 1. The van der Waals surface area contributed by atoms with Gasteiger partial charge in [0.2, 0.25) is 0 Å². The topological polar surface area (TPSA) is 62.1 Å². The summed E-state index contributed by atoms with van der Waals surface area (Å²) in [6.07, 6.45) is 3.53. The highest BCUT2D eigenvalue weighted by Gasteiger charge is 2.31. The highest BCUT2D eigenvalue weighted by Crippen LogP contribution is 2.33. The van der Waals surface area contributed by atoms with Crippen LogP contribution in [0.4, 0.5) is 11.4 Å². The van der Waals surface area contributed by atoms with Gasteiger partial charge in [-0.3, -0.25) is 15.0 Å². The fourth-order valence-electron chi connectivity index (χ4n) is 4.02. The van der Waals surface area contributed by atoms with Gasteiger partial charge in [-0.15, -0.1) is 0 Å². The number of nitro benzene ring substituents is 1. The van der Waals surface area contributed by atoms with E-state index in [1.54, 1.807) is 12.1 Å². The first-order valence-electron chi connectivity index (χ1n) is 8.97. The molecule has 0 spiro atoms. The minimum atomic E-state index is -0.399. The quantitative estimate of drug-likeness (QED) is 0.600. The van der Waals surface area contributed by atoms with Gasteiger partial charge in [0.1, 0.15) is 0 Å². The molecule has 2 aliphatic heterocycles. The molecule has 2 saturated heterocycles. The Morgan fingerprint density at radius 1 is 1.20 bits per heavy atom. The molecule has 0 amide bonds. The Labute approximate surface area is 149 Å². The van der Waals surface area contributed by atoms with Crippen LogP contribution in [0.15, 0.2) is 18.2 Å². The minimum absolute atomic E-state index is 0.0212. The minimum Gasteiger partial charge on any atom is -0.490 e. The molecule has 25 heavy (non-hydrogen) atoms. The zero-order valence-corrected chi connectivity index (χ0v) is 15.4. The average Bonchev–Trinajstić information content (AvgIpc) is 3.11. The highest BCUT2D eigenvalue weighted by atomic mass is 16.6. The van der Waals surface area contributed by atoms with Crippen LogP contribution in [-0.4, -0.2) is 74.2 Å². The van der Waals surface area contributed by atoms with E-state index in [0.717, 1.165) is 31.6 Å². The van der Waals surface area contributed by atoms with E-state index in [1.165, 1.54) is 26.6 Å². The summed E-state index contributed by atoms with van der Waals surface area (Å²) in [6.45, 7) is 4.32. The molecule has 2 aliphatic rings. The zero-order valence-electron chi connectivity index (χ0n) is 15.4. The molecular weight excluding hydrogens is 320 g/mol. The summed E-state index contributed by atoms with van der Waals surface area (Å²) < 4.78 is 5.19. The van der Waals surface area contributed by atoms with Gasteiger partial charge < -0.3 is 14.5 Å². The third kappa shape index (κ3) is 3.88. The molecule has 1 atom stereocenters. The number of hydrogen-bond acceptors (Lipinski definition) is 6. The Morgan fingerprint density at radius 3 is 2.48 bits per heavy atom. The number of anilines is 1. The normalized spacial score (nSPS) is 22.6. The lowest BCUT2D eigenvalue weighted by atomic mass is 10.0. The van der Waals surface area contributed by atoms with Gasteiger partial charge in [0.15, 0.2) is 5.75 Å². The van der Waals surface area contributed by atoms with Crippen LogP contribution < -0.4 is 9.64 Å². The molecule has 7 heteroatoms. The first-order valence-corrected chi connectivity index (χ1v) is 8.97. The lowest BCUT2D eigenvalue weighted by Gasteiger charge is -2.38. The molecule has 2 fully saturated rings. The standard InChI is InChI=1S/C18H28N4O3/c1-19(2)16-8-11-21(13-16)14-6-9-20(10-7-14)15-4-5-17(22(23)24)18(12-15)25-3/h4-5,12,14,16H,6-11,13H2,1-3H3. The van der Waals surface area contributed by atoms with Crippen molar-refractivity contribution in [2.45, 2.75) is 31.3 Å². The first-order chi connectivity index (χ1) is 12.0. The number of likely N-dealkylation sites (tertiary alicyclic amines) is 1. The van der Waals surface area contributed by atoms with Crippen molar-refractivity contribution in [3.63, 3.8) is 0 Å². The van der Waals surface area contributed by atoms with Crippen molar-refractivity contribution in [2.24, 2.45) is 0 Å². The number of likely N-dealkylation sites (N-methyl/N-ethyl adjacent to an activating group) is 1. The van der Waals surface area contributed by atoms with E-state index >= 15 is 0 Å². The molecule has 0 radical (unpaired) electrons. The SMILES string of the molecule is COc1cc(N2CCC(N3CCC(N(C)C)C3)CC2)ccc1[N+](=O)[O-]. The summed E-state index contributed by atoms with van der Waals surface area (Å²) in [5.41, 5.74) is 1.03. The van der Waals surface area contributed by atoms with Gasteiger partial charge in [0, 0.05) is 56.1 Å². The third-order valence-electron chi connectivity index (χ3n) is 5.63. The summed E-state index contributed by atoms with van der Waals surface area (Å²) >= 11 is 0. The Hall–Kier alpha value is -1.86. The maximum absolute atomic E-state index is 11.0. The van der Waals surface area contributed by atoms with Crippen LogP contribution in [0.2, 0.25) is 0 Å². The maximum atomic E-state index is 11.0. The van der Waals surface area contributed by atoms with Crippen molar-refractivity contribution in [3.8, 4) is 5.75 Å². The number of nitro groups is 1. The lowest BCUT2D eigenvalue weighted by Crippen LogP contribution is -2.45. The van der Waals surface area contributed by atoms with E-state index in [0.29, 0.717) is 17.8 Å². The second-order valence-corrected chi connectivity index (χ2v) is 7.23. The van der Waals surface area contributed by atoms with Crippen LogP contribution in [0.5, 0.6) is 5.75 Å². The summed E-state index contributed by atoms with van der Waals surface area (Å²) in [5.74, 6) is 0.331. The third-order valence-corrected chi connectivity index (χ3v) is 5.63. The Kier molecular flexibility index (Phi) is 5.44. The Morgan fingerprint density at radius 2 is 1.92 bits per heavy atom. The number of hydrogen-bond donors (Lipinski definition) is 0. The van der Waals surface area contributed by atoms with Crippen molar-refractivity contribution >= 4 is 11.4 Å². The molecule has 2 heterocycles. The fourth-order valence-corrected chi connectivity index (χ4v) is 4.02. The van der Waals surface area contributed by atoms with Crippen LogP contribution in [-0.2, 0) is 0 Å². The average molecular weight is 348 g/mol. The molecule has 1 aromatic carbocycles. The van der Waals surface area contributed by atoms with E-state index in [4.69, 9.17) is 4.74 Å². The highest BCUT2D eigenvalue weighted by molar-refractivity contribution is 5.59. The number of piperidine rings is 1. The molecule has 0 aliphatic carbocycles. The maximum Gasteiger partial charge on any atom is 0.311 e. The van der Waals surface area contributed by atoms with E-state index in [2.05, 4.69) is 28.8 Å². The molecular formula is C18H28N4O3. The number of methoxy groups -OCH3 is 1. The van der Waals surface area contributed by atoms with Gasteiger partial charge in [0.25, 0.3) is 0 Å².